The third-order valence-corrected chi connectivity index (χ3v) is 8.21. The van der Waals surface area contributed by atoms with Gasteiger partial charge in [-0.1, -0.05) is 5.21 Å². The van der Waals surface area contributed by atoms with Crippen LogP contribution in [0.5, 0.6) is 0 Å². The number of aryl methyl sites for hydroxylation is 2. The number of aromatic nitrogens is 6. The zero-order valence-corrected chi connectivity index (χ0v) is 22.2. The Hall–Kier alpha value is -3.70. The van der Waals surface area contributed by atoms with E-state index in [1.54, 1.807) is 17.7 Å². The average molecular weight is 535 g/mol. The first-order chi connectivity index (χ1) is 18.5. The molecule has 6 rings (SSSR count). The van der Waals surface area contributed by atoms with Crippen molar-refractivity contribution >= 4 is 38.6 Å². The van der Waals surface area contributed by atoms with Crippen molar-refractivity contribution in [2.45, 2.75) is 32.7 Å². The summed E-state index contributed by atoms with van der Waals surface area (Å²) in [5, 5.41) is 8.37. The molecule has 0 N–H and O–H groups in total. The van der Waals surface area contributed by atoms with E-state index in [4.69, 9.17) is 14.5 Å². The summed E-state index contributed by atoms with van der Waals surface area (Å²) in [6, 6.07) is 6.96. The topological polar surface area (TPSA) is 97.0 Å². The van der Waals surface area contributed by atoms with Gasteiger partial charge in [0.05, 0.1) is 51.7 Å². The minimum atomic E-state index is -0.384. The van der Waals surface area contributed by atoms with Gasteiger partial charge in [-0.2, -0.15) is 0 Å². The highest BCUT2D eigenvalue weighted by Gasteiger charge is 2.32. The monoisotopic (exact) mass is 534 g/mol. The van der Waals surface area contributed by atoms with Crippen LogP contribution in [0.25, 0.3) is 32.5 Å². The molecular weight excluding hydrogens is 507 g/mol. The molecule has 1 aliphatic heterocycles. The molecule has 38 heavy (non-hydrogen) atoms. The first kappa shape index (κ1) is 24.6. The van der Waals surface area contributed by atoms with Gasteiger partial charge in [0, 0.05) is 32.0 Å². The van der Waals surface area contributed by atoms with Gasteiger partial charge in [0.25, 0.3) is 0 Å². The lowest BCUT2D eigenvalue weighted by Crippen LogP contribution is -2.27. The Bertz CT molecular complexity index is 1610. The predicted octanol–water partition coefficient (Wildman–Crippen LogP) is 5.08. The average Bonchev–Trinajstić information content (AvgIpc) is 3.59. The second kappa shape index (κ2) is 9.88. The summed E-state index contributed by atoms with van der Waals surface area (Å²) >= 11 is 1.37. The molecule has 196 valence electrons. The number of esters is 1. The molecule has 6 heterocycles. The summed E-state index contributed by atoms with van der Waals surface area (Å²) in [5.74, 6) is -0.551. The molecule has 5 aromatic heterocycles. The number of thiophene rings is 1. The molecule has 0 aliphatic carbocycles. The van der Waals surface area contributed by atoms with Gasteiger partial charge in [-0.25, -0.2) is 13.9 Å². The Morgan fingerprint density at radius 3 is 2.71 bits per heavy atom. The number of carbonyl (C=O) groups is 1. The fraction of sp³-hybridized carbons (Fsp3) is 0.370. The van der Waals surface area contributed by atoms with Gasteiger partial charge in [-0.15, -0.1) is 16.4 Å². The van der Waals surface area contributed by atoms with Crippen LogP contribution < -0.4 is 0 Å². The molecule has 9 nitrogen and oxygen atoms in total. The van der Waals surface area contributed by atoms with E-state index in [-0.39, 0.29) is 23.7 Å². The van der Waals surface area contributed by atoms with Crippen LogP contribution in [-0.4, -0.2) is 55.3 Å². The van der Waals surface area contributed by atoms with Gasteiger partial charge in [0.15, 0.2) is 0 Å². The molecule has 1 saturated heterocycles. The van der Waals surface area contributed by atoms with Crippen LogP contribution >= 0.6 is 11.3 Å². The number of pyridine rings is 2. The SMILES string of the molecule is CCOC(=O)c1cc2c(s1)c1ncc(-c3c(C)nnn3C)cc1n2C(c1ccc(F)cn1)C1CCOCC1. The minimum absolute atomic E-state index is 0.190. The van der Waals surface area contributed by atoms with Gasteiger partial charge in [0.1, 0.15) is 16.2 Å². The van der Waals surface area contributed by atoms with E-state index >= 15 is 0 Å². The standard InChI is InChI=1S/C27H27FN6O3S/c1-4-37-27(35)22-12-21-26(38-22)23-20(11-17(13-30-23)24-15(2)31-32-33(24)3)34(21)25(16-7-9-36-10-8-16)19-6-5-18(28)14-29-19/h5-6,11-14,16,25H,4,7-10H2,1-3H3. The highest BCUT2D eigenvalue weighted by molar-refractivity contribution is 7.21. The van der Waals surface area contributed by atoms with E-state index in [2.05, 4.69) is 25.9 Å². The van der Waals surface area contributed by atoms with Crippen molar-refractivity contribution < 1.29 is 18.7 Å². The Balaban J connectivity index is 1.64. The van der Waals surface area contributed by atoms with E-state index in [1.807, 2.05) is 26.2 Å². The van der Waals surface area contributed by atoms with Crippen molar-refractivity contribution in [3.8, 4) is 11.3 Å². The quantitative estimate of drug-likeness (QED) is 0.280. The second-order valence-corrected chi connectivity index (χ2v) is 10.5. The predicted molar refractivity (Wildman–Crippen MR) is 142 cm³/mol. The summed E-state index contributed by atoms with van der Waals surface area (Å²) in [4.78, 5) is 22.6. The van der Waals surface area contributed by atoms with Crippen LogP contribution in [0.15, 0.2) is 36.7 Å². The lowest BCUT2D eigenvalue weighted by molar-refractivity contribution is 0.0532. The third kappa shape index (κ3) is 4.15. The number of ether oxygens (including phenoxy) is 2. The fourth-order valence-electron chi connectivity index (χ4n) is 5.44. The summed E-state index contributed by atoms with van der Waals surface area (Å²) in [5.41, 5.74) is 5.89. The van der Waals surface area contributed by atoms with Crippen molar-refractivity contribution in [3.63, 3.8) is 0 Å². The Kier molecular flexibility index (Phi) is 6.40. The molecule has 1 atom stereocenters. The second-order valence-electron chi connectivity index (χ2n) is 9.45. The maximum atomic E-state index is 13.9. The zero-order valence-electron chi connectivity index (χ0n) is 21.3. The van der Waals surface area contributed by atoms with Crippen LogP contribution in [0, 0.1) is 18.7 Å². The summed E-state index contributed by atoms with van der Waals surface area (Å²) < 4.78 is 29.8. The van der Waals surface area contributed by atoms with Crippen LogP contribution in [0.4, 0.5) is 4.39 Å². The molecule has 0 saturated carbocycles. The highest BCUT2D eigenvalue weighted by Crippen LogP contribution is 2.43. The number of rotatable bonds is 6. The largest absolute Gasteiger partial charge is 0.462 e. The van der Waals surface area contributed by atoms with E-state index in [0.29, 0.717) is 24.7 Å². The van der Waals surface area contributed by atoms with Gasteiger partial charge >= 0.3 is 5.97 Å². The van der Waals surface area contributed by atoms with Crippen LogP contribution in [0.1, 0.15) is 46.9 Å². The molecule has 1 aliphatic rings. The molecule has 5 aromatic rings. The molecule has 11 heteroatoms. The van der Waals surface area contributed by atoms with Crippen LogP contribution in [0.3, 0.4) is 0 Å². The first-order valence-corrected chi connectivity index (χ1v) is 13.4. The van der Waals surface area contributed by atoms with E-state index in [1.165, 1.54) is 23.6 Å². The fourth-order valence-corrected chi connectivity index (χ4v) is 6.49. The number of nitrogens with zero attached hydrogens (tertiary/aromatic N) is 6. The molecule has 0 radical (unpaired) electrons. The Labute approximate surface area is 222 Å². The molecule has 1 fully saturated rings. The van der Waals surface area contributed by atoms with Gasteiger partial charge in [-0.3, -0.25) is 9.97 Å². The van der Waals surface area contributed by atoms with Gasteiger partial charge in [0.2, 0.25) is 0 Å². The van der Waals surface area contributed by atoms with Crippen molar-refractivity contribution in [2.24, 2.45) is 13.0 Å². The highest BCUT2D eigenvalue weighted by atomic mass is 32.1. The third-order valence-electron chi connectivity index (χ3n) is 7.10. The summed E-state index contributed by atoms with van der Waals surface area (Å²) in [6.07, 6.45) is 4.74. The van der Waals surface area contributed by atoms with E-state index in [9.17, 15) is 9.18 Å². The summed E-state index contributed by atoms with van der Waals surface area (Å²) in [6.45, 7) is 5.30. The molecule has 0 spiro atoms. The van der Waals surface area contributed by atoms with Crippen molar-refractivity contribution in [3.05, 3.63) is 58.7 Å². The smallest absolute Gasteiger partial charge is 0.348 e. The van der Waals surface area contributed by atoms with E-state index in [0.717, 1.165) is 56.7 Å². The lowest BCUT2D eigenvalue weighted by atomic mass is 9.89. The first-order valence-electron chi connectivity index (χ1n) is 12.6. The number of fused-ring (bicyclic) bond motifs is 3. The molecule has 1 unspecified atom stereocenters. The van der Waals surface area contributed by atoms with Crippen molar-refractivity contribution in [2.75, 3.05) is 19.8 Å². The van der Waals surface area contributed by atoms with Crippen molar-refractivity contribution in [1.29, 1.82) is 0 Å². The lowest BCUT2D eigenvalue weighted by Gasteiger charge is -2.32. The van der Waals surface area contributed by atoms with Gasteiger partial charge in [-0.05, 0) is 56.9 Å². The normalized spacial score (nSPS) is 15.4. The molecule has 0 amide bonds. The number of hydrogen-bond acceptors (Lipinski definition) is 8. The van der Waals surface area contributed by atoms with Gasteiger partial charge < -0.3 is 14.0 Å². The summed E-state index contributed by atoms with van der Waals surface area (Å²) in [7, 11) is 1.86. The maximum Gasteiger partial charge on any atom is 0.348 e. The number of hydrogen-bond donors (Lipinski definition) is 0. The Morgan fingerprint density at radius 1 is 1.21 bits per heavy atom. The molecule has 0 aromatic carbocycles. The molecular formula is C27H27FN6O3S. The maximum absolute atomic E-state index is 13.9. The molecule has 0 bridgehead atoms. The van der Waals surface area contributed by atoms with Crippen LogP contribution in [-0.2, 0) is 16.5 Å². The number of halogens is 1. The Morgan fingerprint density at radius 2 is 2.03 bits per heavy atom. The van der Waals surface area contributed by atoms with Crippen LogP contribution in [0.2, 0.25) is 0 Å². The van der Waals surface area contributed by atoms with Crippen molar-refractivity contribution in [1.82, 2.24) is 29.5 Å². The minimum Gasteiger partial charge on any atom is -0.462 e. The van der Waals surface area contributed by atoms with E-state index < -0.39 is 0 Å². The zero-order chi connectivity index (χ0) is 26.4. The number of carbonyl (C=O) groups excluding carboxylic acids is 1.